The Balaban J connectivity index is 1.33. The minimum atomic E-state index is -0.400. The van der Waals surface area contributed by atoms with E-state index in [1.165, 1.54) is 23.5 Å². The van der Waals surface area contributed by atoms with Crippen molar-refractivity contribution in [2.75, 3.05) is 13.6 Å². The van der Waals surface area contributed by atoms with E-state index >= 15 is 0 Å². The molecule has 0 fully saturated rings. The molecule has 0 radical (unpaired) electrons. The normalized spacial score (nSPS) is 14.7. The molecule has 0 spiro atoms. The second-order valence-electron chi connectivity index (χ2n) is 10.4. The summed E-state index contributed by atoms with van der Waals surface area (Å²) in [5, 5.41) is 2.40. The second-order valence-corrected chi connectivity index (χ2v) is 11.4. The third-order valence-electron chi connectivity index (χ3n) is 6.87. The fourth-order valence-electron chi connectivity index (χ4n) is 4.98. The van der Waals surface area contributed by atoms with Crippen LogP contribution in [0.2, 0.25) is 0 Å². The zero-order valence-corrected chi connectivity index (χ0v) is 23.6. The van der Waals surface area contributed by atoms with Gasteiger partial charge in [-0.3, -0.25) is 9.59 Å². The van der Waals surface area contributed by atoms with Crippen molar-refractivity contribution in [3.05, 3.63) is 105 Å². The molecule has 4 aromatic rings. The molecule has 2 amide bonds. The number of hydrogen-bond acceptors (Lipinski definition) is 6. The SMILES string of the molecule is CC(C)CC(=O)N1CCc2ccc(OCc3nc(C(=O)N(C)Cc4ccco4)cs3)cc2C1c1cccc(F)c1. The Labute approximate surface area is 237 Å². The van der Waals surface area contributed by atoms with Crippen molar-refractivity contribution < 1.29 is 23.1 Å². The Bertz CT molecular complexity index is 1480. The summed E-state index contributed by atoms with van der Waals surface area (Å²) in [7, 11) is 1.71. The fraction of sp³-hybridized carbons (Fsp3) is 0.323. The molecule has 5 rings (SSSR count). The monoisotopic (exact) mass is 561 g/mol. The van der Waals surface area contributed by atoms with Crippen LogP contribution in [0.4, 0.5) is 4.39 Å². The van der Waals surface area contributed by atoms with E-state index in [-0.39, 0.29) is 30.2 Å². The van der Waals surface area contributed by atoms with E-state index in [0.717, 1.165) is 23.1 Å². The minimum Gasteiger partial charge on any atom is -0.486 e. The molecule has 0 saturated carbocycles. The largest absolute Gasteiger partial charge is 0.486 e. The summed E-state index contributed by atoms with van der Waals surface area (Å²) in [5.41, 5.74) is 3.13. The Hall–Kier alpha value is -3.98. The highest BCUT2D eigenvalue weighted by Crippen LogP contribution is 2.38. The summed E-state index contributed by atoms with van der Waals surface area (Å²) in [6.07, 6.45) is 2.72. The van der Waals surface area contributed by atoms with Crippen molar-refractivity contribution in [2.45, 2.75) is 45.9 Å². The molecule has 2 aromatic heterocycles. The maximum Gasteiger partial charge on any atom is 0.273 e. The second kappa shape index (κ2) is 12.0. The number of hydrogen-bond donors (Lipinski definition) is 0. The minimum absolute atomic E-state index is 0.0539. The summed E-state index contributed by atoms with van der Waals surface area (Å²) in [6, 6.07) is 15.5. The summed E-state index contributed by atoms with van der Waals surface area (Å²) in [5.74, 6) is 1.06. The van der Waals surface area contributed by atoms with Gasteiger partial charge < -0.3 is 19.0 Å². The Morgan fingerprint density at radius 3 is 2.80 bits per heavy atom. The van der Waals surface area contributed by atoms with Crippen molar-refractivity contribution in [3.63, 3.8) is 0 Å². The van der Waals surface area contributed by atoms with Crippen LogP contribution in [-0.2, 0) is 24.4 Å². The molecule has 1 atom stereocenters. The first kappa shape index (κ1) is 27.6. The van der Waals surface area contributed by atoms with E-state index in [9.17, 15) is 14.0 Å². The predicted octanol–water partition coefficient (Wildman–Crippen LogP) is 6.25. The number of thiazole rings is 1. The first-order valence-corrected chi connectivity index (χ1v) is 14.2. The van der Waals surface area contributed by atoms with E-state index < -0.39 is 6.04 Å². The number of benzene rings is 2. The molecule has 2 aromatic carbocycles. The number of nitrogens with zero attached hydrogens (tertiary/aromatic N) is 3. The fourth-order valence-corrected chi connectivity index (χ4v) is 5.66. The summed E-state index contributed by atoms with van der Waals surface area (Å²) in [4.78, 5) is 33.9. The summed E-state index contributed by atoms with van der Waals surface area (Å²) >= 11 is 1.36. The zero-order valence-electron chi connectivity index (χ0n) is 22.8. The molecule has 0 aliphatic carbocycles. The molecule has 3 heterocycles. The molecule has 9 heteroatoms. The average Bonchev–Trinajstić information content (AvgIpc) is 3.62. The number of carbonyl (C=O) groups is 2. The topological polar surface area (TPSA) is 75.9 Å². The summed E-state index contributed by atoms with van der Waals surface area (Å²) in [6.45, 7) is 5.16. The van der Waals surface area contributed by atoms with Crippen LogP contribution in [0.25, 0.3) is 0 Å². The lowest BCUT2D eigenvalue weighted by atomic mass is 9.87. The molecule has 0 N–H and O–H groups in total. The van der Waals surface area contributed by atoms with Crippen LogP contribution >= 0.6 is 11.3 Å². The first-order chi connectivity index (χ1) is 19.3. The molecular formula is C31H32FN3O4S. The lowest BCUT2D eigenvalue weighted by Gasteiger charge is -2.38. The number of amides is 2. The van der Waals surface area contributed by atoms with Gasteiger partial charge in [-0.25, -0.2) is 9.37 Å². The van der Waals surface area contributed by atoms with Gasteiger partial charge in [-0.2, -0.15) is 0 Å². The Morgan fingerprint density at radius 1 is 1.20 bits per heavy atom. The van der Waals surface area contributed by atoms with Gasteiger partial charge >= 0.3 is 0 Å². The van der Waals surface area contributed by atoms with E-state index in [1.54, 1.807) is 35.7 Å². The van der Waals surface area contributed by atoms with E-state index in [0.29, 0.717) is 41.7 Å². The van der Waals surface area contributed by atoms with Gasteiger partial charge in [0.2, 0.25) is 5.91 Å². The maximum absolute atomic E-state index is 14.3. The average molecular weight is 562 g/mol. The Morgan fingerprint density at radius 2 is 2.05 bits per heavy atom. The van der Waals surface area contributed by atoms with Crippen LogP contribution in [-0.4, -0.2) is 40.2 Å². The van der Waals surface area contributed by atoms with E-state index in [4.69, 9.17) is 9.15 Å². The molecule has 7 nitrogen and oxygen atoms in total. The van der Waals surface area contributed by atoms with Crippen molar-refractivity contribution in [1.82, 2.24) is 14.8 Å². The number of rotatable bonds is 9. The van der Waals surface area contributed by atoms with Crippen molar-refractivity contribution >= 4 is 23.2 Å². The number of furan rings is 1. The molecule has 0 bridgehead atoms. The van der Waals surface area contributed by atoms with Crippen LogP contribution in [0, 0.1) is 11.7 Å². The maximum atomic E-state index is 14.3. The van der Waals surface area contributed by atoms with Gasteiger partial charge in [0.05, 0.1) is 18.8 Å². The molecule has 1 unspecified atom stereocenters. The van der Waals surface area contributed by atoms with Gasteiger partial charge in [-0.15, -0.1) is 11.3 Å². The van der Waals surface area contributed by atoms with Crippen LogP contribution in [0.1, 0.15) is 64.3 Å². The van der Waals surface area contributed by atoms with Crippen molar-refractivity contribution in [3.8, 4) is 5.75 Å². The Kier molecular flexibility index (Phi) is 8.30. The molecule has 1 aliphatic rings. The van der Waals surface area contributed by atoms with Crippen LogP contribution in [0.5, 0.6) is 5.75 Å². The number of halogens is 1. The van der Waals surface area contributed by atoms with Gasteiger partial charge in [0, 0.05) is 25.4 Å². The van der Waals surface area contributed by atoms with Crippen LogP contribution in [0.3, 0.4) is 0 Å². The van der Waals surface area contributed by atoms with Gasteiger partial charge in [0.1, 0.15) is 34.6 Å². The van der Waals surface area contributed by atoms with E-state index in [1.807, 2.05) is 49.1 Å². The highest BCUT2D eigenvalue weighted by atomic mass is 32.1. The van der Waals surface area contributed by atoms with Gasteiger partial charge in [0.25, 0.3) is 5.91 Å². The third-order valence-corrected chi connectivity index (χ3v) is 7.69. The molecule has 0 saturated heterocycles. The third kappa shape index (κ3) is 6.25. The number of fused-ring (bicyclic) bond motifs is 1. The lowest BCUT2D eigenvalue weighted by Crippen LogP contribution is -2.41. The highest BCUT2D eigenvalue weighted by Gasteiger charge is 2.32. The van der Waals surface area contributed by atoms with E-state index in [2.05, 4.69) is 4.98 Å². The van der Waals surface area contributed by atoms with Crippen LogP contribution < -0.4 is 4.74 Å². The standard InChI is InChI=1S/C31H32FN3O4S/c1-20(2)14-29(36)35-12-11-21-9-10-24(16-26(21)30(35)22-6-4-7-23(32)15-22)39-18-28-33-27(19-40-28)31(37)34(3)17-25-8-5-13-38-25/h4-10,13,15-16,19-20,30H,11-12,14,17-18H2,1-3H3. The molecule has 1 aliphatic heterocycles. The molecular weight excluding hydrogens is 529 g/mol. The zero-order chi connectivity index (χ0) is 28.2. The van der Waals surface area contributed by atoms with Crippen LogP contribution in [0.15, 0.2) is 70.7 Å². The number of aromatic nitrogens is 1. The van der Waals surface area contributed by atoms with Crippen molar-refractivity contribution in [2.24, 2.45) is 5.92 Å². The lowest BCUT2D eigenvalue weighted by molar-refractivity contribution is -0.134. The number of ether oxygens (including phenoxy) is 1. The summed E-state index contributed by atoms with van der Waals surface area (Å²) < 4.78 is 25.7. The predicted molar refractivity (Wildman–Crippen MR) is 151 cm³/mol. The first-order valence-electron chi connectivity index (χ1n) is 13.3. The smallest absolute Gasteiger partial charge is 0.273 e. The molecule has 40 heavy (non-hydrogen) atoms. The highest BCUT2D eigenvalue weighted by molar-refractivity contribution is 7.09. The molecule has 208 valence electrons. The quantitative estimate of drug-likeness (QED) is 0.242. The number of carbonyl (C=O) groups excluding carboxylic acids is 2. The van der Waals surface area contributed by atoms with Gasteiger partial charge in [0.15, 0.2) is 0 Å². The van der Waals surface area contributed by atoms with Gasteiger partial charge in [-0.1, -0.05) is 32.0 Å². The van der Waals surface area contributed by atoms with Crippen molar-refractivity contribution in [1.29, 1.82) is 0 Å². The van der Waals surface area contributed by atoms with Gasteiger partial charge in [-0.05, 0) is 65.4 Å².